The molecule has 1 unspecified atom stereocenters. The molecule has 4 nitrogen and oxygen atoms in total. The molecular formula is C29H26Cl2N2O2S. The molecule has 0 radical (unpaired) electrons. The number of fused-ring (bicyclic) bond motifs is 2. The average Bonchev–Trinajstić information content (AvgIpc) is 3.36. The van der Waals surface area contributed by atoms with Gasteiger partial charge in [0.1, 0.15) is 6.54 Å². The second-order valence-corrected chi connectivity index (χ2v) is 10.8. The SMILES string of the molecule is CCCN(CC(=O)N1CCc2sccc2C1c1ccc(Cl)cc1Cl)C(=O)c1ccc2ccccc2c1. The van der Waals surface area contributed by atoms with Gasteiger partial charge in [-0.25, -0.2) is 0 Å². The Kier molecular flexibility index (Phi) is 7.33. The van der Waals surface area contributed by atoms with Crippen molar-refractivity contribution in [2.75, 3.05) is 19.6 Å². The summed E-state index contributed by atoms with van der Waals surface area (Å²) in [6.45, 7) is 3.10. The average molecular weight is 538 g/mol. The Hall–Kier alpha value is -2.86. The van der Waals surface area contributed by atoms with Crippen molar-refractivity contribution in [1.29, 1.82) is 0 Å². The molecule has 1 aliphatic heterocycles. The van der Waals surface area contributed by atoms with E-state index in [0.717, 1.165) is 34.7 Å². The summed E-state index contributed by atoms with van der Waals surface area (Å²) >= 11 is 14.5. The molecule has 184 valence electrons. The molecule has 4 aromatic rings. The molecule has 0 aliphatic carbocycles. The lowest BCUT2D eigenvalue weighted by molar-refractivity contribution is -0.134. The van der Waals surface area contributed by atoms with Gasteiger partial charge >= 0.3 is 0 Å². The highest BCUT2D eigenvalue weighted by Crippen LogP contribution is 2.41. The van der Waals surface area contributed by atoms with Crippen LogP contribution in [0.3, 0.4) is 0 Å². The first kappa shape index (κ1) is 24.8. The number of amides is 2. The summed E-state index contributed by atoms with van der Waals surface area (Å²) in [6.07, 6.45) is 1.54. The van der Waals surface area contributed by atoms with E-state index >= 15 is 0 Å². The number of carbonyl (C=O) groups is 2. The Labute approximate surface area is 225 Å². The minimum Gasteiger partial charge on any atom is -0.330 e. The summed E-state index contributed by atoms with van der Waals surface area (Å²) in [5.74, 6) is -0.226. The van der Waals surface area contributed by atoms with Gasteiger partial charge in [-0.05, 0) is 70.5 Å². The third-order valence-electron chi connectivity index (χ3n) is 6.65. The minimum absolute atomic E-state index is 0.0146. The summed E-state index contributed by atoms with van der Waals surface area (Å²) in [7, 11) is 0. The number of hydrogen-bond acceptors (Lipinski definition) is 3. The van der Waals surface area contributed by atoms with Crippen molar-refractivity contribution in [1.82, 2.24) is 9.80 Å². The number of nitrogens with zero attached hydrogens (tertiary/aromatic N) is 2. The number of benzene rings is 3. The van der Waals surface area contributed by atoms with Gasteiger partial charge in [0.15, 0.2) is 0 Å². The lowest BCUT2D eigenvalue weighted by atomic mass is 9.93. The van der Waals surface area contributed by atoms with E-state index in [9.17, 15) is 9.59 Å². The van der Waals surface area contributed by atoms with Crippen LogP contribution in [0.5, 0.6) is 0 Å². The van der Waals surface area contributed by atoms with Crippen molar-refractivity contribution in [3.05, 3.63) is 104 Å². The molecule has 0 fully saturated rings. The van der Waals surface area contributed by atoms with Crippen LogP contribution in [0.2, 0.25) is 10.0 Å². The summed E-state index contributed by atoms with van der Waals surface area (Å²) in [4.78, 5) is 32.1. The van der Waals surface area contributed by atoms with Crippen molar-refractivity contribution < 1.29 is 9.59 Å². The standard InChI is InChI=1S/C29H26Cl2N2O2S/c1-2-13-32(29(35)21-8-7-19-5-3-4-6-20(19)16-21)18-27(34)33-14-11-26-24(12-15-36-26)28(33)23-10-9-22(30)17-25(23)31/h3-10,12,15-17,28H,2,11,13-14,18H2,1H3. The van der Waals surface area contributed by atoms with Gasteiger partial charge in [-0.15, -0.1) is 11.3 Å². The van der Waals surface area contributed by atoms with E-state index in [1.807, 2.05) is 60.4 Å². The molecule has 36 heavy (non-hydrogen) atoms. The van der Waals surface area contributed by atoms with E-state index in [2.05, 4.69) is 11.4 Å². The van der Waals surface area contributed by atoms with E-state index in [-0.39, 0.29) is 24.4 Å². The number of thiophene rings is 1. The third kappa shape index (κ3) is 4.88. The quantitative estimate of drug-likeness (QED) is 0.260. The fourth-order valence-electron chi connectivity index (χ4n) is 4.93. The smallest absolute Gasteiger partial charge is 0.254 e. The number of carbonyl (C=O) groups excluding carboxylic acids is 2. The molecule has 2 amide bonds. The van der Waals surface area contributed by atoms with Crippen LogP contribution < -0.4 is 0 Å². The lowest BCUT2D eigenvalue weighted by Gasteiger charge is -2.38. The maximum absolute atomic E-state index is 13.8. The van der Waals surface area contributed by atoms with Gasteiger partial charge in [-0.3, -0.25) is 9.59 Å². The Bertz CT molecular complexity index is 1430. The zero-order valence-electron chi connectivity index (χ0n) is 19.9. The fraction of sp³-hybridized carbons (Fsp3) is 0.241. The Balaban J connectivity index is 1.44. The molecule has 7 heteroatoms. The van der Waals surface area contributed by atoms with Gasteiger partial charge in [0.25, 0.3) is 5.91 Å². The molecule has 2 heterocycles. The van der Waals surface area contributed by atoms with E-state index in [1.54, 1.807) is 28.4 Å². The monoisotopic (exact) mass is 536 g/mol. The van der Waals surface area contributed by atoms with Gasteiger partial charge in [0.2, 0.25) is 5.91 Å². The van der Waals surface area contributed by atoms with E-state index in [0.29, 0.717) is 28.7 Å². The lowest BCUT2D eigenvalue weighted by Crippen LogP contribution is -2.47. The Morgan fingerprint density at radius 2 is 1.81 bits per heavy atom. The predicted molar refractivity (Wildman–Crippen MR) is 148 cm³/mol. The summed E-state index contributed by atoms with van der Waals surface area (Å²) < 4.78 is 0. The minimum atomic E-state index is -0.309. The van der Waals surface area contributed by atoms with E-state index in [1.165, 1.54) is 4.88 Å². The van der Waals surface area contributed by atoms with Crippen LogP contribution in [0.25, 0.3) is 10.8 Å². The molecule has 0 N–H and O–H groups in total. The molecule has 5 rings (SSSR count). The van der Waals surface area contributed by atoms with Crippen molar-refractivity contribution >= 4 is 57.1 Å². The molecule has 1 atom stereocenters. The highest BCUT2D eigenvalue weighted by molar-refractivity contribution is 7.10. The summed E-state index contributed by atoms with van der Waals surface area (Å²) in [6, 6.07) is 20.8. The fourth-order valence-corrected chi connectivity index (χ4v) is 6.34. The van der Waals surface area contributed by atoms with Crippen molar-refractivity contribution in [3.63, 3.8) is 0 Å². The van der Waals surface area contributed by atoms with Crippen molar-refractivity contribution in [2.24, 2.45) is 0 Å². The number of hydrogen-bond donors (Lipinski definition) is 0. The summed E-state index contributed by atoms with van der Waals surface area (Å²) in [5, 5.41) is 5.22. The molecular weight excluding hydrogens is 511 g/mol. The molecule has 3 aromatic carbocycles. The highest BCUT2D eigenvalue weighted by Gasteiger charge is 2.35. The van der Waals surface area contributed by atoms with Crippen LogP contribution in [0, 0.1) is 0 Å². The van der Waals surface area contributed by atoms with Gasteiger partial charge in [0.05, 0.1) is 6.04 Å². The van der Waals surface area contributed by atoms with Crippen LogP contribution in [-0.2, 0) is 11.2 Å². The van der Waals surface area contributed by atoms with Gasteiger partial charge < -0.3 is 9.80 Å². The number of rotatable bonds is 6. The second-order valence-electron chi connectivity index (χ2n) is 8.99. The van der Waals surface area contributed by atoms with Crippen LogP contribution in [0.1, 0.15) is 45.7 Å². The second kappa shape index (κ2) is 10.6. The Morgan fingerprint density at radius 1 is 1.00 bits per heavy atom. The van der Waals surface area contributed by atoms with Crippen LogP contribution in [0.4, 0.5) is 0 Å². The normalized spacial score (nSPS) is 15.1. The largest absolute Gasteiger partial charge is 0.330 e. The van der Waals surface area contributed by atoms with Crippen molar-refractivity contribution in [3.8, 4) is 0 Å². The van der Waals surface area contributed by atoms with Crippen LogP contribution in [-0.4, -0.2) is 41.2 Å². The Morgan fingerprint density at radius 3 is 2.58 bits per heavy atom. The highest BCUT2D eigenvalue weighted by atomic mass is 35.5. The first-order valence-electron chi connectivity index (χ1n) is 12.0. The maximum Gasteiger partial charge on any atom is 0.254 e. The van der Waals surface area contributed by atoms with Gasteiger partial charge in [-0.2, -0.15) is 0 Å². The van der Waals surface area contributed by atoms with E-state index < -0.39 is 0 Å². The van der Waals surface area contributed by atoms with Crippen LogP contribution in [0.15, 0.2) is 72.1 Å². The van der Waals surface area contributed by atoms with E-state index in [4.69, 9.17) is 23.2 Å². The molecule has 0 bridgehead atoms. The predicted octanol–water partition coefficient (Wildman–Crippen LogP) is 7.23. The first-order valence-corrected chi connectivity index (χ1v) is 13.7. The molecule has 1 aliphatic rings. The topological polar surface area (TPSA) is 40.6 Å². The molecule has 0 saturated heterocycles. The van der Waals surface area contributed by atoms with Crippen molar-refractivity contribution in [2.45, 2.75) is 25.8 Å². The van der Waals surface area contributed by atoms with Gasteiger partial charge in [0, 0.05) is 33.6 Å². The molecule has 1 aromatic heterocycles. The number of halogens is 2. The molecule has 0 spiro atoms. The first-order chi connectivity index (χ1) is 17.5. The van der Waals surface area contributed by atoms with Crippen LogP contribution >= 0.6 is 34.5 Å². The maximum atomic E-state index is 13.8. The zero-order valence-corrected chi connectivity index (χ0v) is 22.2. The molecule has 0 saturated carbocycles. The van der Waals surface area contributed by atoms with Gasteiger partial charge in [-0.1, -0.05) is 66.5 Å². The zero-order chi connectivity index (χ0) is 25.2. The summed E-state index contributed by atoms with van der Waals surface area (Å²) in [5.41, 5.74) is 2.52. The third-order valence-corrected chi connectivity index (χ3v) is 8.21.